The van der Waals surface area contributed by atoms with E-state index in [4.69, 9.17) is 0 Å². The van der Waals surface area contributed by atoms with Crippen LogP contribution in [0.4, 0.5) is 11.4 Å². The van der Waals surface area contributed by atoms with Gasteiger partial charge in [-0.2, -0.15) is 0 Å². The Morgan fingerprint density at radius 2 is 1.87 bits per heavy atom. The average molecular weight is 310 g/mol. The van der Waals surface area contributed by atoms with Crippen molar-refractivity contribution in [3.05, 3.63) is 53.9 Å². The van der Waals surface area contributed by atoms with Crippen molar-refractivity contribution in [1.82, 2.24) is 9.88 Å². The molecular formula is C18H22N4O. The number of amides is 1. The molecular weight excluding hydrogens is 288 g/mol. The Morgan fingerprint density at radius 3 is 2.61 bits per heavy atom. The Morgan fingerprint density at radius 1 is 1.13 bits per heavy atom. The van der Waals surface area contributed by atoms with E-state index in [0.29, 0.717) is 5.56 Å². The number of nitrogens with zero attached hydrogens (tertiary/aromatic N) is 3. The lowest BCUT2D eigenvalue weighted by Gasteiger charge is -2.33. The van der Waals surface area contributed by atoms with Gasteiger partial charge in [0, 0.05) is 38.1 Å². The highest BCUT2D eigenvalue weighted by atomic mass is 16.1. The Labute approximate surface area is 136 Å². The molecule has 1 aliphatic rings. The summed E-state index contributed by atoms with van der Waals surface area (Å²) < 4.78 is 0. The number of rotatable bonds is 3. The molecule has 0 saturated carbocycles. The maximum atomic E-state index is 12.5. The first kappa shape index (κ1) is 15.5. The molecule has 1 N–H and O–H groups in total. The summed E-state index contributed by atoms with van der Waals surface area (Å²) in [6.45, 7) is 5.95. The van der Waals surface area contributed by atoms with Crippen LogP contribution >= 0.6 is 0 Å². The Kier molecular flexibility index (Phi) is 4.57. The molecule has 23 heavy (non-hydrogen) atoms. The zero-order valence-electron chi connectivity index (χ0n) is 13.6. The van der Waals surface area contributed by atoms with Gasteiger partial charge < -0.3 is 15.1 Å². The van der Waals surface area contributed by atoms with Crippen molar-refractivity contribution in [2.24, 2.45) is 0 Å². The molecule has 1 aliphatic heterocycles. The molecule has 0 unspecified atom stereocenters. The molecule has 5 heteroatoms. The number of nitrogens with one attached hydrogen (secondary N) is 1. The van der Waals surface area contributed by atoms with Crippen molar-refractivity contribution in [2.75, 3.05) is 43.4 Å². The topological polar surface area (TPSA) is 48.5 Å². The maximum Gasteiger partial charge on any atom is 0.257 e. The first-order valence-corrected chi connectivity index (χ1v) is 7.89. The predicted octanol–water partition coefficient (Wildman–Crippen LogP) is 2.39. The molecule has 3 rings (SSSR count). The van der Waals surface area contributed by atoms with E-state index in [1.54, 1.807) is 6.20 Å². The minimum atomic E-state index is -0.122. The molecule has 0 aliphatic carbocycles. The summed E-state index contributed by atoms with van der Waals surface area (Å²) in [6.07, 6.45) is 3.45. The van der Waals surface area contributed by atoms with Gasteiger partial charge in [-0.05, 0) is 31.7 Å². The van der Waals surface area contributed by atoms with Gasteiger partial charge in [0.15, 0.2) is 0 Å². The predicted molar refractivity (Wildman–Crippen MR) is 93.1 cm³/mol. The summed E-state index contributed by atoms with van der Waals surface area (Å²) in [5.41, 5.74) is 3.48. The number of likely N-dealkylation sites (N-methyl/N-ethyl adjacent to an activating group) is 1. The Balaban J connectivity index is 1.74. The van der Waals surface area contributed by atoms with Crippen LogP contribution in [0.5, 0.6) is 0 Å². The van der Waals surface area contributed by atoms with Crippen LogP contribution in [0.1, 0.15) is 15.9 Å². The first-order valence-electron chi connectivity index (χ1n) is 7.89. The fraction of sp³-hybridized carbons (Fsp3) is 0.333. The molecule has 0 spiro atoms. The Bertz CT molecular complexity index is 693. The van der Waals surface area contributed by atoms with Crippen LogP contribution in [0.25, 0.3) is 0 Å². The monoisotopic (exact) mass is 310 g/mol. The number of para-hydroxylation sites is 1. The highest BCUT2D eigenvalue weighted by Crippen LogP contribution is 2.19. The molecule has 1 aromatic heterocycles. The number of pyridine rings is 1. The van der Waals surface area contributed by atoms with Crippen molar-refractivity contribution >= 4 is 17.3 Å². The molecule has 2 heterocycles. The minimum Gasteiger partial charge on any atom is -0.368 e. The van der Waals surface area contributed by atoms with E-state index in [1.807, 2.05) is 43.5 Å². The third-order valence-corrected chi connectivity index (χ3v) is 4.25. The third kappa shape index (κ3) is 3.68. The molecule has 5 nitrogen and oxygen atoms in total. The van der Waals surface area contributed by atoms with E-state index in [0.717, 1.165) is 43.1 Å². The van der Waals surface area contributed by atoms with Gasteiger partial charge in [0.05, 0.1) is 17.4 Å². The third-order valence-electron chi connectivity index (χ3n) is 4.25. The lowest BCUT2D eigenvalue weighted by Crippen LogP contribution is -2.44. The van der Waals surface area contributed by atoms with Crippen LogP contribution in [0, 0.1) is 6.92 Å². The van der Waals surface area contributed by atoms with Crippen molar-refractivity contribution < 1.29 is 4.79 Å². The zero-order valence-corrected chi connectivity index (χ0v) is 13.6. The van der Waals surface area contributed by atoms with Crippen molar-refractivity contribution in [2.45, 2.75) is 6.92 Å². The standard InChI is InChI=1S/C18H22N4O/c1-14-5-3-4-6-17(14)20-18(23)15-11-16(13-19-12-15)22-9-7-21(2)8-10-22/h3-6,11-13H,7-10H2,1-2H3,(H,20,23). The van der Waals surface area contributed by atoms with Gasteiger partial charge in [0.25, 0.3) is 5.91 Å². The highest BCUT2D eigenvalue weighted by molar-refractivity contribution is 6.04. The van der Waals surface area contributed by atoms with Gasteiger partial charge in [-0.3, -0.25) is 9.78 Å². The molecule has 0 radical (unpaired) electrons. The number of hydrogen-bond acceptors (Lipinski definition) is 4. The molecule has 1 aromatic carbocycles. The largest absolute Gasteiger partial charge is 0.368 e. The molecule has 0 bridgehead atoms. The van der Waals surface area contributed by atoms with E-state index >= 15 is 0 Å². The second-order valence-electron chi connectivity index (χ2n) is 5.99. The van der Waals surface area contributed by atoms with Crippen LogP contribution in [-0.2, 0) is 0 Å². The van der Waals surface area contributed by atoms with E-state index in [1.165, 1.54) is 0 Å². The first-order chi connectivity index (χ1) is 11.1. The number of anilines is 2. The summed E-state index contributed by atoms with van der Waals surface area (Å²) in [4.78, 5) is 21.3. The summed E-state index contributed by atoms with van der Waals surface area (Å²) in [5.74, 6) is -0.122. The SMILES string of the molecule is Cc1ccccc1NC(=O)c1cncc(N2CCN(C)CC2)c1. The summed E-state index contributed by atoms with van der Waals surface area (Å²) in [5, 5.41) is 2.96. The summed E-state index contributed by atoms with van der Waals surface area (Å²) >= 11 is 0. The minimum absolute atomic E-state index is 0.122. The average Bonchev–Trinajstić information content (AvgIpc) is 2.58. The normalized spacial score (nSPS) is 15.5. The Hall–Kier alpha value is -2.40. The number of aryl methyl sites for hydroxylation is 1. The number of aromatic nitrogens is 1. The lowest BCUT2D eigenvalue weighted by atomic mass is 10.2. The molecule has 1 amide bonds. The van der Waals surface area contributed by atoms with Gasteiger partial charge in [-0.1, -0.05) is 18.2 Å². The van der Waals surface area contributed by atoms with Crippen LogP contribution in [0.15, 0.2) is 42.7 Å². The second-order valence-corrected chi connectivity index (χ2v) is 5.99. The number of benzene rings is 1. The van der Waals surface area contributed by atoms with Crippen molar-refractivity contribution in [3.63, 3.8) is 0 Å². The van der Waals surface area contributed by atoms with Crippen molar-refractivity contribution in [3.8, 4) is 0 Å². The molecule has 1 saturated heterocycles. The van der Waals surface area contributed by atoms with E-state index in [-0.39, 0.29) is 5.91 Å². The molecule has 0 atom stereocenters. The van der Waals surface area contributed by atoms with Crippen LogP contribution < -0.4 is 10.2 Å². The summed E-state index contributed by atoms with van der Waals surface area (Å²) in [7, 11) is 2.13. The smallest absolute Gasteiger partial charge is 0.257 e. The van der Waals surface area contributed by atoms with E-state index in [9.17, 15) is 4.79 Å². The maximum absolute atomic E-state index is 12.5. The van der Waals surface area contributed by atoms with E-state index < -0.39 is 0 Å². The van der Waals surface area contributed by atoms with Gasteiger partial charge in [0.1, 0.15) is 0 Å². The van der Waals surface area contributed by atoms with Gasteiger partial charge in [-0.15, -0.1) is 0 Å². The van der Waals surface area contributed by atoms with Gasteiger partial charge in [-0.25, -0.2) is 0 Å². The lowest BCUT2D eigenvalue weighted by molar-refractivity contribution is 0.102. The number of carbonyl (C=O) groups is 1. The fourth-order valence-electron chi connectivity index (χ4n) is 2.70. The van der Waals surface area contributed by atoms with Crippen LogP contribution in [0.2, 0.25) is 0 Å². The molecule has 1 fully saturated rings. The number of piperazine rings is 1. The number of carbonyl (C=O) groups excluding carboxylic acids is 1. The second kappa shape index (κ2) is 6.79. The quantitative estimate of drug-likeness (QED) is 0.946. The van der Waals surface area contributed by atoms with E-state index in [2.05, 4.69) is 27.1 Å². The van der Waals surface area contributed by atoms with Crippen LogP contribution in [0.3, 0.4) is 0 Å². The molecule has 120 valence electrons. The van der Waals surface area contributed by atoms with Gasteiger partial charge >= 0.3 is 0 Å². The summed E-state index contributed by atoms with van der Waals surface area (Å²) in [6, 6.07) is 9.69. The molecule has 2 aromatic rings. The number of hydrogen-bond donors (Lipinski definition) is 1. The highest BCUT2D eigenvalue weighted by Gasteiger charge is 2.16. The zero-order chi connectivity index (χ0) is 16.2. The fourth-order valence-corrected chi connectivity index (χ4v) is 2.70. The van der Waals surface area contributed by atoms with Crippen LogP contribution in [-0.4, -0.2) is 49.0 Å². The van der Waals surface area contributed by atoms with Crippen molar-refractivity contribution in [1.29, 1.82) is 0 Å². The van der Waals surface area contributed by atoms with Gasteiger partial charge in [0.2, 0.25) is 0 Å².